The molecule has 1 atom stereocenters. The number of hydrogen-bond donors (Lipinski definition) is 1. The molecule has 6 heteroatoms. The molecule has 126 valence electrons. The molecule has 1 aliphatic rings. The van der Waals surface area contributed by atoms with Gasteiger partial charge in [-0.3, -0.25) is 4.90 Å². The van der Waals surface area contributed by atoms with Crippen LogP contribution in [0.15, 0.2) is 18.2 Å². The van der Waals surface area contributed by atoms with E-state index in [1.165, 1.54) is 18.6 Å². The Balaban J connectivity index is 0.00000242. The van der Waals surface area contributed by atoms with Crippen LogP contribution in [-0.2, 0) is 12.7 Å². The predicted octanol–water partition coefficient (Wildman–Crippen LogP) is 4.00. The van der Waals surface area contributed by atoms with Crippen molar-refractivity contribution in [1.82, 2.24) is 4.90 Å². The number of likely N-dealkylation sites (tertiary alicyclic amines) is 1. The normalized spacial score (nSPS) is 19.8. The van der Waals surface area contributed by atoms with Crippen molar-refractivity contribution in [2.45, 2.75) is 38.9 Å². The molecule has 0 amide bonds. The molecule has 0 aromatic heterocycles. The van der Waals surface area contributed by atoms with Crippen molar-refractivity contribution < 1.29 is 13.2 Å². The summed E-state index contributed by atoms with van der Waals surface area (Å²) in [6.45, 7) is 5.20. The molecule has 22 heavy (non-hydrogen) atoms. The maximum atomic E-state index is 12.7. The van der Waals surface area contributed by atoms with Crippen LogP contribution < -0.4 is 5.73 Å². The third-order valence-electron chi connectivity index (χ3n) is 4.24. The Morgan fingerprint density at radius 3 is 2.64 bits per heavy atom. The third kappa shape index (κ3) is 5.14. The molecular formula is C16H24ClF3N2. The summed E-state index contributed by atoms with van der Waals surface area (Å²) >= 11 is 0. The number of halogens is 4. The molecule has 0 saturated carbocycles. The highest BCUT2D eigenvalue weighted by atomic mass is 35.5. The number of benzene rings is 1. The Morgan fingerprint density at radius 1 is 1.32 bits per heavy atom. The fourth-order valence-corrected chi connectivity index (χ4v) is 3.06. The molecule has 0 spiro atoms. The molecule has 2 rings (SSSR count). The van der Waals surface area contributed by atoms with Gasteiger partial charge in [-0.2, -0.15) is 13.2 Å². The first-order chi connectivity index (χ1) is 9.90. The standard InChI is InChI=1S/C16H23F3N2.ClH/c1-12-9-15(16(17,18)19)5-4-14(12)11-21-8-2-3-13(10-21)6-7-20;/h4-5,9,13H,2-3,6-8,10-11,20H2,1H3;1H. The van der Waals surface area contributed by atoms with Gasteiger partial charge in [-0.15, -0.1) is 12.4 Å². The Labute approximate surface area is 136 Å². The molecule has 0 aliphatic carbocycles. The number of aryl methyl sites for hydroxylation is 1. The van der Waals surface area contributed by atoms with Crippen LogP contribution in [0.2, 0.25) is 0 Å². The van der Waals surface area contributed by atoms with Crippen molar-refractivity contribution in [3.05, 3.63) is 34.9 Å². The summed E-state index contributed by atoms with van der Waals surface area (Å²) in [6, 6.07) is 4.05. The molecule has 0 radical (unpaired) electrons. The second-order valence-corrected chi connectivity index (χ2v) is 5.96. The number of alkyl halides is 3. The fraction of sp³-hybridized carbons (Fsp3) is 0.625. The van der Waals surface area contributed by atoms with Gasteiger partial charge in [0.2, 0.25) is 0 Å². The van der Waals surface area contributed by atoms with E-state index in [0.717, 1.165) is 38.0 Å². The van der Waals surface area contributed by atoms with Crippen LogP contribution in [0.1, 0.15) is 36.0 Å². The zero-order valence-corrected chi connectivity index (χ0v) is 13.6. The van der Waals surface area contributed by atoms with Crippen LogP contribution in [0.25, 0.3) is 0 Å². The van der Waals surface area contributed by atoms with Gasteiger partial charge < -0.3 is 5.73 Å². The Hall–Kier alpha value is -0.780. The number of hydrogen-bond acceptors (Lipinski definition) is 2. The van der Waals surface area contributed by atoms with Crippen molar-refractivity contribution in [1.29, 1.82) is 0 Å². The topological polar surface area (TPSA) is 29.3 Å². The van der Waals surface area contributed by atoms with Gasteiger partial charge in [0.1, 0.15) is 0 Å². The summed E-state index contributed by atoms with van der Waals surface area (Å²) in [4.78, 5) is 2.33. The lowest BCUT2D eigenvalue weighted by Gasteiger charge is -2.33. The van der Waals surface area contributed by atoms with Gasteiger partial charge in [-0.05, 0) is 68.5 Å². The first-order valence-electron chi connectivity index (χ1n) is 7.49. The van der Waals surface area contributed by atoms with E-state index in [1.807, 2.05) is 0 Å². The molecular weight excluding hydrogens is 313 g/mol. The first-order valence-corrected chi connectivity index (χ1v) is 7.49. The fourth-order valence-electron chi connectivity index (χ4n) is 3.06. The Bertz CT molecular complexity index is 475. The molecule has 2 nitrogen and oxygen atoms in total. The van der Waals surface area contributed by atoms with E-state index < -0.39 is 11.7 Å². The molecule has 2 N–H and O–H groups in total. The highest BCUT2D eigenvalue weighted by Gasteiger charge is 2.30. The van der Waals surface area contributed by atoms with Gasteiger partial charge >= 0.3 is 6.18 Å². The summed E-state index contributed by atoms with van der Waals surface area (Å²) in [5.74, 6) is 0.624. The van der Waals surface area contributed by atoms with Crippen LogP contribution in [0.5, 0.6) is 0 Å². The lowest BCUT2D eigenvalue weighted by Crippen LogP contribution is -2.35. The minimum atomic E-state index is -4.26. The number of nitrogens with zero attached hydrogens (tertiary/aromatic N) is 1. The summed E-state index contributed by atoms with van der Waals surface area (Å²) in [5, 5.41) is 0. The number of rotatable bonds is 4. The predicted molar refractivity (Wildman–Crippen MR) is 85.1 cm³/mol. The molecule has 1 unspecified atom stereocenters. The average Bonchev–Trinajstić information content (AvgIpc) is 2.41. The molecule has 1 heterocycles. The van der Waals surface area contributed by atoms with Crippen LogP contribution in [0, 0.1) is 12.8 Å². The van der Waals surface area contributed by atoms with Crippen molar-refractivity contribution >= 4 is 12.4 Å². The molecule has 0 bridgehead atoms. The van der Waals surface area contributed by atoms with E-state index in [2.05, 4.69) is 4.90 Å². The monoisotopic (exact) mass is 336 g/mol. The minimum absolute atomic E-state index is 0. The summed E-state index contributed by atoms with van der Waals surface area (Å²) in [7, 11) is 0. The Kier molecular flexibility index (Phi) is 7.16. The minimum Gasteiger partial charge on any atom is -0.330 e. The van der Waals surface area contributed by atoms with Gasteiger partial charge in [-0.1, -0.05) is 6.07 Å². The molecule has 1 fully saturated rings. The largest absolute Gasteiger partial charge is 0.416 e. The van der Waals surface area contributed by atoms with E-state index in [0.29, 0.717) is 18.0 Å². The van der Waals surface area contributed by atoms with E-state index in [-0.39, 0.29) is 12.4 Å². The highest BCUT2D eigenvalue weighted by molar-refractivity contribution is 5.85. The van der Waals surface area contributed by atoms with Crippen LogP contribution in [0.3, 0.4) is 0 Å². The second kappa shape index (κ2) is 8.18. The average molecular weight is 337 g/mol. The summed E-state index contributed by atoms with van der Waals surface area (Å²) in [5.41, 5.74) is 6.74. The van der Waals surface area contributed by atoms with E-state index in [4.69, 9.17) is 5.73 Å². The highest BCUT2D eigenvalue weighted by Crippen LogP contribution is 2.31. The van der Waals surface area contributed by atoms with Gasteiger partial charge in [0.25, 0.3) is 0 Å². The van der Waals surface area contributed by atoms with Crippen LogP contribution in [0.4, 0.5) is 13.2 Å². The first kappa shape index (κ1) is 19.3. The maximum Gasteiger partial charge on any atom is 0.416 e. The molecule has 1 aliphatic heterocycles. The number of piperidine rings is 1. The lowest BCUT2D eigenvalue weighted by molar-refractivity contribution is -0.137. The quantitative estimate of drug-likeness (QED) is 0.900. The van der Waals surface area contributed by atoms with Gasteiger partial charge in [-0.25, -0.2) is 0 Å². The summed E-state index contributed by atoms with van der Waals surface area (Å²) < 4.78 is 38.0. The SMILES string of the molecule is Cc1cc(C(F)(F)F)ccc1CN1CCCC(CCN)C1.Cl. The van der Waals surface area contributed by atoms with Crippen molar-refractivity contribution in [2.24, 2.45) is 11.7 Å². The van der Waals surface area contributed by atoms with Gasteiger partial charge in [0, 0.05) is 13.1 Å². The van der Waals surface area contributed by atoms with Crippen LogP contribution in [-0.4, -0.2) is 24.5 Å². The van der Waals surface area contributed by atoms with E-state index in [1.54, 1.807) is 13.0 Å². The van der Waals surface area contributed by atoms with Gasteiger partial charge in [0.15, 0.2) is 0 Å². The van der Waals surface area contributed by atoms with Gasteiger partial charge in [0.05, 0.1) is 5.56 Å². The van der Waals surface area contributed by atoms with Crippen molar-refractivity contribution in [2.75, 3.05) is 19.6 Å². The second-order valence-electron chi connectivity index (χ2n) is 5.96. The lowest BCUT2D eigenvalue weighted by atomic mass is 9.94. The van der Waals surface area contributed by atoms with Crippen LogP contribution >= 0.6 is 12.4 Å². The molecule has 1 aromatic rings. The van der Waals surface area contributed by atoms with E-state index in [9.17, 15) is 13.2 Å². The number of nitrogens with two attached hydrogens (primary N) is 1. The zero-order valence-electron chi connectivity index (χ0n) is 12.8. The van der Waals surface area contributed by atoms with E-state index >= 15 is 0 Å². The smallest absolute Gasteiger partial charge is 0.330 e. The molecule has 1 aromatic carbocycles. The van der Waals surface area contributed by atoms with Crippen molar-refractivity contribution in [3.63, 3.8) is 0 Å². The zero-order chi connectivity index (χ0) is 15.5. The summed E-state index contributed by atoms with van der Waals surface area (Å²) in [6.07, 6.45) is -0.882. The van der Waals surface area contributed by atoms with Crippen molar-refractivity contribution in [3.8, 4) is 0 Å². The molecule has 1 saturated heterocycles. The third-order valence-corrected chi connectivity index (χ3v) is 4.24. The maximum absolute atomic E-state index is 12.7. The Morgan fingerprint density at radius 2 is 2.05 bits per heavy atom.